The van der Waals surface area contributed by atoms with E-state index in [0.29, 0.717) is 12.1 Å². The zero-order valence-corrected chi connectivity index (χ0v) is 6.60. The average molecular weight is 188 g/mol. The van der Waals surface area contributed by atoms with Crippen LogP contribution in [0, 0.1) is 17.5 Å². The van der Waals surface area contributed by atoms with Gasteiger partial charge in [0.2, 0.25) is 0 Å². The van der Waals surface area contributed by atoms with Crippen LogP contribution in [-0.4, -0.2) is 11.7 Å². The predicted molar refractivity (Wildman–Crippen MR) is 42.4 cm³/mol. The standard InChI is InChI=1S/C9H7F3O/c10-6-4-8(11)7(2-1-3-13)9(12)5-6/h1-2,4-5,13H,3H2/b2-1+. The van der Waals surface area contributed by atoms with Gasteiger partial charge in [-0.15, -0.1) is 0 Å². The molecule has 0 heterocycles. The molecule has 0 atom stereocenters. The number of rotatable bonds is 2. The van der Waals surface area contributed by atoms with Gasteiger partial charge >= 0.3 is 0 Å². The smallest absolute Gasteiger partial charge is 0.136 e. The van der Waals surface area contributed by atoms with Gasteiger partial charge < -0.3 is 5.11 Å². The summed E-state index contributed by atoms with van der Waals surface area (Å²) in [6, 6.07) is 1.17. The molecule has 0 aliphatic carbocycles. The number of aliphatic hydroxyl groups excluding tert-OH is 1. The molecule has 1 rings (SSSR count). The fourth-order valence-electron chi connectivity index (χ4n) is 0.883. The zero-order chi connectivity index (χ0) is 9.84. The Morgan fingerprint density at radius 3 is 2.15 bits per heavy atom. The topological polar surface area (TPSA) is 20.2 Å². The lowest BCUT2D eigenvalue weighted by atomic mass is 10.2. The van der Waals surface area contributed by atoms with Gasteiger partial charge in [-0.05, 0) is 0 Å². The molecular weight excluding hydrogens is 181 g/mol. The number of benzene rings is 1. The number of aliphatic hydroxyl groups is 1. The van der Waals surface area contributed by atoms with Gasteiger partial charge in [0.05, 0.1) is 6.61 Å². The van der Waals surface area contributed by atoms with Crippen LogP contribution >= 0.6 is 0 Å². The molecule has 4 heteroatoms. The maximum atomic E-state index is 12.8. The van der Waals surface area contributed by atoms with Crippen molar-refractivity contribution < 1.29 is 18.3 Å². The van der Waals surface area contributed by atoms with Crippen LogP contribution in [0.2, 0.25) is 0 Å². The summed E-state index contributed by atoms with van der Waals surface area (Å²) in [6.07, 6.45) is 2.23. The molecule has 1 nitrogen and oxygen atoms in total. The van der Waals surface area contributed by atoms with Crippen molar-refractivity contribution in [1.29, 1.82) is 0 Å². The number of hydrogen-bond donors (Lipinski definition) is 1. The molecule has 0 saturated carbocycles. The number of hydrogen-bond acceptors (Lipinski definition) is 1. The third kappa shape index (κ3) is 2.32. The van der Waals surface area contributed by atoms with Crippen LogP contribution in [-0.2, 0) is 0 Å². The molecule has 70 valence electrons. The van der Waals surface area contributed by atoms with Crippen molar-refractivity contribution in [3.8, 4) is 0 Å². The first-order chi connectivity index (χ1) is 6.15. The Balaban J connectivity index is 3.13. The van der Waals surface area contributed by atoms with E-state index < -0.39 is 17.5 Å². The van der Waals surface area contributed by atoms with Crippen LogP contribution in [0.4, 0.5) is 13.2 Å². The summed E-state index contributed by atoms with van der Waals surface area (Å²) in [5.41, 5.74) is -0.351. The molecular formula is C9H7F3O. The summed E-state index contributed by atoms with van der Waals surface area (Å²) in [4.78, 5) is 0. The minimum atomic E-state index is -0.984. The second-order valence-electron chi connectivity index (χ2n) is 2.37. The van der Waals surface area contributed by atoms with Crippen LogP contribution in [0.25, 0.3) is 6.08 Å². The van der Waals surface area contributed by atoms with Crippen molar-refractivity contribution in [3.63, 3.8) is 0 Å². The van der Waals surface area contributed by atoms with E-state index in [9.17, 15) is 13.2 Å². The number of halogens is 3. The van der Waals surface area contributed by atoms with Crippen LogP contribution < -0.4 is 0 Å². The third-order valence-electron chi connectivity index (χ3n) is 1.43. The first-order valence-electron chi connectivity index (χ1n) is 3.57. The molecule has 1 N–H and O–H groups in total. The Morgan fingerprint density at radius 1 is 1.15 bits per heavy atom. The molecule has 0 fully saturated rings. The lowest BCUT2D eigenvalue weighted by Gasteiger charge is -1.98. The Bertz CT molecular complexity index is 311. The molecule has 1 aromatic carbocycles. The summed E-state index contributed by atoms with van der Waals surface area (Å²) in [7, 11) is 0. The summed E-state index contributed by atoms with van der Waals surface area (Å²) < 4.78 is 38.0. The normalized spacial score (nSPS) is 11.1. The third-order valence-corrected chi connectivity index (χ3v) is 1.43. The van der Waals surface area contributed by atoms with Gasteiger partial charge in [-0.3, -0.25) is 0 Å². The zero-order valence-electron chi connectivity index (χ0n) is 6.60. The van der Waals surface area contributed by atoms with Gasteiger partial charge in [0.1, 0.15) is 17.5 Å². The van der Waals surface area contributed by atoms with Gasteiger partial charge in [-0.1, -0.05) is 12.2 Å². The van der Waals surface area contributed by atoms with Gasteiger partial charge in [0.25, 0.3) is 0 Å². The first kappa shape index (κ1) is 9.80. The fourth-order valence-corrected chi connectivity index (χ4v) is 0.883. The molecule has 0 amide bonds. The summed E-state index contributed by atoms with van der Waals surface area (Å²) in [6.45, 7) is -0.323. The van der Waals surface area contributed by atoms with E-state index in [-0.39, 0.29) is 12.2 Å². The SMILES string of the molecule is OC/C=C/c1c(F)cc(F)cc1F. The predicted octanol–water partition coefficient (Wildman–Crippen LogP) is 2.11. The van der Waals surface area contributed by atoms with E-state index in [4.69, 9.17) is 5.11 Å². The van der Waals surface area contributed by atoms with Crippen molar-refractivity contribution >= 4 is 6.08 Å². The molecule has 0 unspecified atom stereocenters. The maximum Gasteiger partial charge on any atom is 0.136 e. The molecule has 0 spiro atoms. The van der Waals surface area contributed by atoms with Crippen molar-refractivity contribution in [3.05, 3.63) is 41.2 Å². The minimum absolute atomic E-state index is 0.323. The Kier molecular flexibility index (Phi) is 3.08. The minimum Gasteiger partial charge on any atom is -0.392 e. The molecule has 0 aliphatic heterocycles. The highest BCUT2D eigenvalue weighted by Crippen LogP contribution is 2.15. The lowest BCUT2D eigenvalue weighted by molar-refractivity contribution is 0.343. The molecule has 0 radical (unpaired) electrons. The van der Waals surface area contributed by atoms with Crippen LogP contribution in [0.5, 0.6) is 0 Å². The van der Waals surface area contributed by atoms with E-state index in [1.165, 1.54) is 6.08 Å². The van der Waals surface area contributed by atoms with Gasteiger partial charge in [-0.25, -0.2) is 13.2 Å². The van der Waals surface area contributed by atoms with Crippen molar-refractivity contribution in [2.45, 2.75) is 0 Å². The second kappa shape index (κ2) is 4.09. The second-order valence-corrected chi connectivity index (χ2v) is 2.37. The average Bonchev–Trinajstić information content (AvgIpc) is 2.02. The quantitative estimate of drug-likeness (QED) is 0.753. The largest absolute Gasteiger partial charge is 0.392 e. The van der Waals surface area contributed by atoms with Gasteiger partial charge in [0, 0.05) is 17.7 Å². The molecule has 0 aromatic heterocycles. The first-order valence-corrected chi connectivity index (χ1v) is 3.57. The molecule has 13 heavy (non-hydrogen) atoms. The Hall–Kier alpha value is -1.29. The van der Waals surface area contributed by atoms with Crippen LogP contribution in [0.3, 0.4) is 0 Å². The van der Waals surface area contributed by atoms with E-state index in [1.807, 2.05) is 0 Å². The van der Waals surface area contributed by atoms with Gasteiger partial charge in [-0.2, -0.15) is 0 Å². The van der Waals surface area contributed by atoms with Gasteiger partial charge in [0.15, 0.2) is 0 Å². The Morgan fingerprint density at radius 2 is 1.69 bits per heavy atom. The van der Waals surface area contributed by atoms with Crippen LogP contribution in [0.15, 0.2) is 18.2 Å². The summed E-state index contributed by atoms with van der Waals surface area (Å²) in [5.74, 6) is -2.93. The molecule has 1 aromatic rings. The highest BCUT2D eigenvalue weighted by molar-refractivity contribution is 5.50. The summed E-state index contributed by atoms with van der Waals surface area (Å²) >= 11 is 0. The lowest BCUT2D eigenvalue weighted by Crippen LogP contribution is -1.91. The van der Waals surface area contributed by atoms with Crippen LogP contribution in [0.1, 0.15) is 5.56 Å². The van der Waals surface area contributed by atoms with Crippen molar-refractivity contribution in [2.75, 3.05) is 6.61 Å². The highest BCUT2D eigenvalue weighted by Gasteiger charge is 2.07. The van der Waals surface area contributed by atoms with Crippen molar-refractivity contribution in [1.82, 2.24) is 0 Å². The van der Waals surface area contributed by atoms with E-state index in [1.54, 1.807) is 0 Å². The molecule has 0 aliphatic rings. The van der Waals surface area contributed by atoms with E-state index >= 15 is 0 Å². The maximum absolute atomic E-state index is 12.8. The highest BCUT2D eigenvalue weighted by atomic mass is 19.1. The fraction of sp³-hybridized carbons (Fsp3) is 0.111. The molecule has 0 saturated heterocycles. The molecule has 0 bridgehead atoms. The summed E-state index contributed by atoms with van der Waals surface area (Å²) in [5, 5.41) is 8.36. The monoisotopic (exact) mass is 188 g/mol. The Labute approximate surface area is 73.1 Å². The van der Waals surface area contributed by atoms with Crippen molar-refractivity contribution in [2.24, 2.45) is 0 Å². The van der Waals surface area contributed by atoms with E-state index in [2.05, 4.69) is 0 Å². The van der Waals surface area contributed by atoms with E-state index in [0.717, 1.165) is 6.08 Å².